The molecule has 2 aliphatic heterocycles. The minimum Gasteiger partial charge on any atom is -0.378 e. The van der Waals surface area contributed by atoms with Crippen LogP contribution in [-0.4, -0.2) is 56.5 Å². The summed E-state index contributed by atoms with van der Waals surface area (Å²) < 4.78 is 11.5. The van der Waals surface area contributed by atoms with Crippen molar-refractivity contribution in [2.45, 2.75) is 50.2 Å². The molecule has 18 heavy (non-hydrogen) atoms. The minimum absolute atomic E-state index is 0.0361. The van der Waals surface area contributed by atoms with Gasteiger partial charge in [-0.2, -0.15) is 0 Å². The molecular weight excluding hydrogens is 228 g/mol. The van der Waals surface area contributed by atoms with Gasteiger partial charge in [-0.1, -0.05) is 6.42 Å². The topological polar surface area (TPSA) is 47.7 Å². The second kappa shape index (κ2) is 6.85. The molecule has 2 saturated heterocycles. The highest BCUT2D eigenvalue weighted by Crippen LogP contribution is 2.34. The van der Waals surface area contributed by atoms with E-state index < -0.39 is 0 Å². The summed E-state index contributed by atoms with van der Waals surface area (Å²) in [5.41, 5.74) is 5.56. The first-order valence-electron chi connectivity index (χ1n) is 7.38. The summed E-state index contributed by atoms with van der Waals surface area (Å²) in [6.07, 6.45) is 7.03. The van der Waals surface area contributed by atoms with Gasteiger partial charge < -0.3 is 20.1 Å². The van der Waals surface area contributed by atoms with E-state index in [1.807, 2.05) is 0 Å². The molecule has 2 aliphatic rings. The van der Waals surface area contributed by atoms with Crippen molar-refractivity contribution >= 4 is 0 Å². The van der Waals surface area contributed by atoms with Gasteiger partial charge in [0.25, 0.3) is 0 Å². The molecule has 2 atom stereocenters. The van der Waals surface area contributed by atoms with Crippen molar-refractivity contribution < 1.29 is 9.47 Å². The fourth-order valence-corrected chi connectivity index (χ4v) is 3.11. The Morgan fingerprint density at radius 1 is 1.28 bits per heavy atom. The van der Waals surface area contributed by atoms with Crippen LogP contribution in [-0.2, 0) is 9.47 Å². The Labute approximate surface area is 111 Å². The number of nitrogens with zero attached hydrogens (tertiary/aromatic N) is 1. The summed E-state index contributed by atoms with van der Waals surface area (Å²) in [7, 11) is 2.25. The second-order valence-electron chi connectivity index (χ2n) is 5.81. The van der Waals surface area contributed by atoms with Crippen LogP contribution in [0.3, 0.4) is 0 Å². The van der Waals surface area contributed by atoms with Crippen LogP contribution in [0.2, 0.25) is 0 Å². The van der Waals surface area contributed by atoms with Crippen molar-refractivity contribution in [2.75, 3.05) is 40.0 Å². The molecule has 0 radical (unpaired) electrons. The molecule has 2 N–H and O–H groups in total. The summed E-state index contributed by atoms with van der Waals surface area (Å²) in [5.74, 6) is 0. The highest BCUT2D eigenvalue weighted by molar-refractivity contribution is 4.93. The normalized spacial score (nSPS) is 32.5. The minimum atomic E-state index is 0.0361. The molecule has 0 aliphatic carbocycles. The number of ether oxygens (including phenoxy) is 2. The van der Waals surface area contributed by atoms with Crippen molar-refractivity contribution in [1.82, 2.24) is 4.90 Å². The molecule has 2 heterocycles. The van der Waals surface area contributed by atoms with Gasteiger partial charge in [-0.15, -0.1) is 0 Å². The first-order valence-corrected chi connectivity index (χ1v) is 7.38. The molecule has 0 bridgehead atoms. The Morgan fingerprint density at radius 3 is 2.89 bits per heavy atom. The largest absolute Gasteiger partial charge is 0.378 e. The van der Waals surface area contributed by atoms with Crippen LogP contribution >= 0.6 is 0 Å². The van der Waals surface area contributed by atoms with Gasteiger partial charge in [-0.25, -0.2) is 0 Å². The van der Waals surface area contributed by atoms with Gasteiger partial charge in [0.05, 0.1) is 12.2 Å². The Morgan fingerprint density at radius 2 is 2.17 bits per heavy atom. The SMILES string of the molecule is CN(CCCCCN)C1CCOC2(CCOC2)C1. The third-order valence-electron chi connectivity index (χ3n) is 4.37. The average molecular weight is 256 g/mol. The van der Waals surface area contributed by atoms with Crippen molar-refractivity contribution in [1.29, 1.82) is 0 Å². The molecule has 4 nitrogen and oxygen atoms in total. The van der Waals surface area contributed by atoms with Crippen LogP contribution in [0, 0.1) is 0 Å². The molecule has 1 spiro atoms. The number of unbranched alkanes of at least 4 members (excludes halogenated alkanes) is 2. The van der Waals surface area contributed by atoms with E-state index in [-0.39, 0.29) is 5.60 Å². The van der Waals surface area contributed by atoms with E-state index in [0.717, 1.165) is 52.0 Å². The Balaban J connectivity index is 1.74. The predicted molar refractivity (Wildman–Crippen MR) is 72.7 cm³/mol. The van der Waals surface area contributed by atoms with Crippen molar-refractivity contribution in [3.63, 3.8) is 0 Å². The van der Waals surface area contributed by atoms with Crippen LogP contribution in [0.15, 0.2) is 0 Å². The van der Waals surface area contributed by atoms with E-state index >= 15 is 0 Å². The maximum atomic E-state index is 5.98. The van der Waals surface area contributed by atoms with Crippen molar-refractivity contribution in [3.05, 3.63) is 0 Å². The molecular formula is C14H28N2O2. The standard InChI is InChI=1S/C14H28N2O2/c1-16(8-4-2-3-7-15)13-5-9-18-14(11-13)6-10-17-12-14/h13H,2-12,15H2,1H3. The quantitative estimate of drug-likeness (QED) is 0.730. The maximum absolute atomic E-state index is 5.98. The summed E-state index contributed by atoms with van der Waals surface area (Å²) in [4.78, 5) is 2.51. The monoisotopic (exact) mass is 256 g/mol. The third-order valence-corrected chi connectivity index (χ3v) is 4.37. The predicted octanol–water partition coefficient (Wildman–Crippen LogP) is 1.39. The highest BCUT2D eigenvalue weighted by atomic mass is 16.6. The van der Waals surface area contributed by atoms with Gasteiger partial charge in [0.2, 0.25) is 0 Å². The smallest absolute Gasteiger partial charge is 0.0951 e. The zero-order valence-electron chi connectivity index (χ0n) is 11.7. The van der Waals surface area contributed by atoms with E-state index in [4.69, 9.17) is 15.2 Å². The molecule has 2 rings (SSSR count). The third kappa shape index (κ3) is 3.67. The molecule has 0 aromatic heterocycles. The summed E-state index contributed by atoms with van der Waals surface area (Å²) in [6.45, 7) is 4.56. The molecule has 0 amide bonds. The maximum Gasteiger partial charge on any atom is 0.0951 e. The fourth-order valence-electron chi connectivity index (χ4n) is 3.11. The van der Waals surface area contributed by atoms with Crippen LogP contribution in [0.1, 0.15) is 38.5 Å². The van der Waals surface area contributed by atoms with Crippen LogP contribution in [0.25, 0.3) is 0 Å². The van der Waals surface area contributed by atoms with Crippen molar-refractivity contribution in [3.8, 4) is 0 Å². The fraction of sp³-hybridized carbons (Fsp3) is 1.00. The number of hydrogen-bond donors (Lipinski definition) is 1. The van der Waals surface area contributed by atoms with Crippen LogP contribution in [0.5, 0.6) is 0 Å². The first-order chi connectivity index (χ1) is 8.76. The Kier molecular flexibility index (Phi) is 5.42. The van der Waals surface area contributed by atoms with Crippen LogP contribution < -0.4 is 5.73 Å². The molecule has 0 aromatic rings. The van der Waals surface area contributed by atoms with E-state index in [1.165, 1.54) is 19.4 Å². The van der Waals surface area contributed by atoms with Gasteiger partial charge in [-0.3, -0.25) is 0 Å². The Hall–Kier alpha value is -0.160. The molecule has 2 fully saturated rings. The summed E-state index contributed by atoms with van der Waals surface area (Å²) >= 11 is 0. The number of nitrogens with two attached hydrogens (primary N) is 1. The van der Waals surface area contributed by atoms with Gasteiger partial charge in [-0.05, 0) is 45.8 Å². The van der Waals surface area contributed by atoms with Gasteiger partial charge in [0.15, 0.2) is 0 Å². The van der Waals surface area contributed by atoms with Gasteiger partial charge in [0.1, 0.15) is 0 Å². The second-order valence-corrected chi connectivity index (χ2v) is 5.81. The first kappa shape index (κ1) is 14.3. The van der Waals surface area contributed by atoms with E-state index in [0.29, 0.717) is 6.04 Å². The molecule has 2 unspecified atom stereocenters. The van der Waals surface area contributed by atoms with E-state index in [9.17, 15) is 0 Å². The highest BCUT2D eigenvalue weighted by Gasteiger charge is 2.41. The van der Waals surface area contributed by atoms with Crippen LogP contribution in [0.4, 0.5) is 0 Å². The molecule has 106 valence electrons. The summed E-state index contributed by atoms with van der Waals surface area (Å²) in [6, 6.07) is 0.665. The lowest BCUT2D eigenvalue weighted by molar-refractivity contribution is -0.103. The lowest BCUT2D eigenvalue weighted by Gasteiger charge is -2.41. The summed E-state index contributed by atoms with van der Waals surface area (Å²) in [5, 5.41) is 0. The van der Waals surface area contributed by atoms with E-state index in [2.05, 4.69) is 11.9 Å². The molecule has 4 heteroatoms. The number of hydrogen-bond acceptors (Lipinski definition) is 4. The lowest BCUT2D eigenvalue weighted by atomic mass is 9.89. The van der Waals surface area contributed by atoms with Crippen molar-refractivity contribution in [2.24, 2.45) is 5.73 Å². The zero-order chi connectivity index (χ0) is 12.8. The number of rotatable bonds is 6. The lowest BCUT2D eigenvalue weighted by Crippen LogP contribution is -2.48. The molecule has 0 saturated carbocycles. The zero-order valence-corrected chi connectivity index (χ0v) is 11.7. The van der Waals surface area contributed by atoms with Gasteiger partial charge in [0, 0.05) is 25.7 Å². The Bertz CT molecular complexity index is 242. The van der Waals surface area contributed by atoms with E-state index in [1.54, 1.807) is 0 Å². The van der Waals surface area contributed by atoms with Gasteiger partial charge >= 0.3 is 0 Å². The molecule has 0 aromatic carbocycles. The average Bonchev–Trinajstić information content (AvgIpc) is 2.82.